The predicted molar refractivity (Wildman–Crippen MR) is 92.6 cm³/mol. The number of carbonyl (C=O) groups excluding carboxylic acids is 1. The molecule has 5 nitrogen and oxygen atoms in total. The van der Waals surface area contributed by atoms with Crippen molar-refractivity contribution in [2.75, 3.05) is 7.11 Å². The Bertz CT molecular complexity index is 995. The van der Waals surface area contributed by atoms with E-state index in [4.69, 9.17) is 16.3 Å². The molecule has 0 unspecified atom stereocenters. The van der Waals surface area contributed by atoms with E-state index in [1.165, 1.54) is 11.7 Å². The minimum atomic E-state index is -0.462. The molecule has 0 N–H and O–H groups in total. The first-order chi connectivity index (χ1) is 11.5. The Hall–Kier alpha value is -2.66. The first-order valence-electron chi connectivity index (χ1n) is 7.32. The summed E-state index contributed by atoms with van der Waals surface area (Å²) in [4.78, 5) is 28.8. The number of rotatable bonds is 3. The quantitative estimate of drug-likeness (QED) is 0.686. The second kappa shape index (κ2) is 6.45. The van der Waals surface area contributed by atoms with E-state index in [0.717, 1.165) is 5.56 Å². The SMILES string of the molecule is COC(=O)c1ccc2c(=O)n(C)c(Cc3cccc(Cl)c3)nc2c1. The molecule has 122 valence electrons. The van der Waals surface area contributed by atoms with Gasteiger partial charge in [-0.15, -0.1) is 0 Å². The van der Waals surface area contributed by atoms with Crippen LogP contribution in [0.1, 0.15) is 21.7 Å². The van der Waals surface area contributed by atoms with Gasteiger partial charge in [-0.1, -0.05) is 23.7 Å². The standard InChI is InChI=1S/C18H15ClN2O3/c1-21-16(9-11-4-3-5-13(19)8-11)20-15-10-12(18(23)24-2)6-7-14(15)17(21)22/h3-8,10H,9H2,1-2H3. The van der Waals surface area contributed by atoms with Crippen molar-refractivity contribution >= 4 is 28.5 Å². The molecule has 1 heterocycles. The average molecular weight is 343 g/mol. The number of esters is 1. The van der Waals surface area contributed by atoms with Crippen molar-refractivity contribution in [3.63, 3.8) is 0 Å². The predicted octanol–water partition coefficient (Wildman–Crippen LogP) is 2.96. The van der Waals surface area contributed by atoms with E-state index in [-0.39, 0.29) is 5.56 Å². The molecule has 0 fully saturated rings. The lowest BCUT2D eigenvalue weighted by molar-refractivity contribution is 0.0601. The fourth-order valence-electron chi connectivity index (χ4n) is 2.55. The molecule has 0 bridgehead atoms. The molecule has 0 atom stereocenters. The van der Waals surface area contributed by atoms with Gasteiger partial charge in [-0.05, 0) is 35.9 Å². The Kier molecular flexibility index (Phi) is 4.36. The summed E-state index contributed by atoms with van der Waals surface area (Å²) in [6.07, 6.45) is 0.463. The number of fused-ring (bicyclic) bond motifs is 1. The van der Waals surface area contributed by atoms with Crippen molar-refractivity contribution < 1.29 is 9.53 Å². The van der Waals surface area contributed by atoms with E-state index < -0.39 is 5.97 Å². The lowest BCUT2D eigenvalue weighted by Crippen LogP contribution is -2.22. The first kappa shape index (κ1) is 16.2. The minimum Gasteiger partial charge on any atom is -0.465 e. The first-order valence-corrected chi connectivity index (χ1v) is 7.70. The zero-order chi connectivity index (χ0) is 17.3. The van der Waals surface area contributed by atoms with Gasteiger partial charge in [0.2, 0.25) is 0 Å². The molecule has 0 spiro atoms. The van der Waals surface area contributed by atoms with Crippen LogP contribution in [0.15, 0.2) is 47.3 Å². The fourth-order valence-corrected chi connectivity index (χ4v) is 2.76. The molecule has 6 heteroatoms. The van der Waals surface area contributed by atoms with Crippen molar-refractivity contribution in [2.24, 2.45) is 7.05 Å². The van der Waals surface area contributed by atoms with Crippen LogP contribution in [0.25, 0.3) is 10.9 Å². The van der Waals surface area contributed by atoms with Crippen LogP contribution in [0.4, 0.5) is 0 Å². The molecule has 3 rings (SSSR count). The number of hydrogen-bond acceptors (Lipinski definition) is 4. The zero-order valence-electron chi connectivity index (χ0n) is 13.2. The second-order valence-electron chi connectivity index (χ2n) is 5.42. The molecule has 0 aliphatic carbocycles. The highest BCUT2D eigenvalue weighted by atomic mass is 35.5. The van der Waals surface area contributed by atoms with Crippen LogP contribution < -0.4 is 5.56 Å². The van der Waals surface area contributed by atoms with E-state index in [0.29, 0.717) is 33.7 Å². The third-order valence-electron chi connectivity index (χ3n) is 3.84. The minimum absolute atomic E-state index is 0.159. The monoisotopic (exact) mass is 342 g/mol. The summed E-state index contributed by atoms with van der Waals surface area (Å²) in [5.41, 5.74) is 1.62. The van der Waals surface area contributed by atoms with Gasteiger partial charge in [0.25, 0.3) is 5.56 Å². The van der Waals surface area contributed by atoms with Crippen molar-refractivity contribution in [1.29, 1.82) is 0 Å². The number of hydrogen-bond donors (Lipinski definition) is 0. The van der Waals surface area contributed by atoms with E-state index in [1.807, 2.05) is 18.2 Å². The summed E-state index contributed by atoms with van der Waals surface area (Å²) in [6.45, 7) is 0. The summed E-state index contributed by atoms with van der Waals surface area (Å²) in [6, 6.07) is 12.1. The van der Waals surface area contributed by atoms with Crippen LogP contribution in [0.3, 0.4) is 0 Å². The molecule has 0 saturated heterocycles. The van der Waals surface area contributed by atoms with Gasteiger partial charge in [-0.25, -0.2) is 9.78 Å². The maximum atomic E-state index is 12.5. The highest BCUT2D eigenvalue weighted by molar-refractivity contribution is 6.30. The molecule has 0 amide bonds. The van der Waals surface area contributed by atoms with Crippen molar-refractivity contribution in [3.8, 4) is 0 Å². The Morgan fingerprint density at radius 3 is 2.75 bits per heavy atom. The maximum Gasteiger partial charge on any atom is 0.337 e. The molecule has 2 aromatic carbocycles. The third-order valence-corrected chi connectivity index (χ3v) is 4.08. The summed E-state index contributed by atoms with van der Waals surface area (Å²) in [7, 11) is 3.00. The molecular weight excluding hydrogens is 328 g/mol. The third kappa shape index (κ3) is 3.03. The van der Waals surface area contributed by atoms with Crippen molar-refractivity contribution in [2.45, 2.75) is 6.42 Å². The molecule has 0 aliphatic rings. The largest absolute Gasteiger partial charge is 0.465 e. The highest BCUT2D eigenvalue weighted by Gasteiger charge is 2.12. The van der Waals surface area contributed by atoms with Gasteiger partial charge in [0.1, 0.15) is 5.82 Å². The number of halogens is 1. The molecular formula is C18H15ClN2O3. The Balaban J connectivity index is 2.12. The van der Waals surface area contributed by atoms with Gasteiger partial charge >= 0.3 is 5.97 Å². The molecule has 0 radical (unpaired) electrons. The van der Waals surface area contributed by atoms with Crippen molar-refractivity contribution in [1.82, 2.24) is 9.55 Å². The van der Waals surface area contributed by atoms with E-state index in [2.05, 4.69) is 4.98 Å². The zero-order valence-corrected chi connectivity index (χ0v) is 14.0. The van der Waals surface area contributed by atoms with Crippen LogP contribution in [0.2, 0.25) is 5.02 Å². The smallest absolute Gasteiger partial charge is 0.337 e. The lowest BCUT2D eigenvalue weighted by Gasteiger charge is -2.10. The lowest BCUT2D eigenvalue weighted by atomic mass is 10.1. The maximum absolute atomic E-state index is 12.5. The van der Waals surface area contributed by atoms with Crippen LogP contribution in [-0.2, 0) is 18.2 Å². The summed E-state index contributed by atoms with van der Waals surface area (Å²) in [5, 5.41) is 1.09. The van der Waals surface area contributed by atoms with Crippen LogP contribution in [0, 0.1) is 0 Å². The molecule has 3 aromatic rings. The second-order valence-corrected chi connectivity index (χ2v) is 5.86. The molecule has 0 aliphatic heterocycles. The average Bonchev–Trinajstić information content (AvgIpc) is 2.58. The van der Waals surface area contributed by atoms with Gasteiger partial charge in [-0.3, -0.25) is 9.36 Å². The van der Waals surface area contributed by atoms with Gasteiger partial charge in [0, 0.05) is 18.5 Å². The number of nitrogens with zero attached hydrogens (tertiary/aromatic N) is 2. The van der Waals surface area contributed by atoms with Gasteiger partial charge in [0.05, 0.1) is 23.6 Å². The number of aromatic nitrogens is 2. The van der Waals surface area contributed by atoms with E-state index >= 15 is 0 Å². The number of ether oxygens (including phenoxy) is 1. The van der Waals surface area contributed by atoms with Crippen LogP contribution >= 0.6 is 11.6 Å². The van der Waals surface area contributed by atoms with E-state index in [1.54, 1.807) is 31.3 Å². The molecule has 1 aromatic heterocycles. The summed E-state index contributed by atoms with van der Waals surface area (Å²) in [5.74, 6) is 0.132. The Morgan fingerprint density at radius 2 is 2.04 bits per heavy atom. The fraction of sp³-hybridized carbons (Fsp3) is 0.167. The van der Waals surface area contributed by atoms with E-state index in [9.17, 15) is 9.59 Å². The van der Waals surface area contributed by atoms with Crippen LogP contribution in [-0.4, -0.2) is 22.6 Å². The highest BCUT2D eigenvalue weighted by Crippen LogP contribution is 2.16. The van der Waals surface area contributed by atoms with Crippen LogP contribution in [0.5, 0.6) is 0 Å². The topological polar surface area (TPSA) is 61.2 Å². The Morgan fingerprint density at radius 1 is 1.25 bits per heavy atom. The molecule has 24 heavy (non-hydrogen) atoms. The number of methoxy groups -OCH3 is 1. The van der Waals surface area contributed by atoms with Gasteiger partial charge < -0.3 is 4.74 Å². The summed E-state index contributed by atoms with van der Waals surface area (Å²) >= 11 is 6.01. The summed E-state index contributed by atoms with van der Waals surface area (Å²) < 4.78 is 6.23. The number of benzene rings is 2. The normalized spacial score (nSPS) is 10.8. The van der Waals surface area contributed by atoms with Gasteiger partial charge in [0.15, 0.2) is 0 Å². The Labute approximate surface area is 143 Å². The van der Waals surface area contributed by atoms with Gasteiger partial charge in [-0.2, -0.15) is 0 Å². The molecule has 0 saturated carbocycles. The van der Waals surface area contributed by atoms with Crippen molar-refractivity contribution in [3.05, 3.63) is 74.8 Å². The number of carbonyl (C=O) groups is 1.